The fourth-order valence-electron chi connectivity index (χ4n) is 2.95. The molecule has 152 valence electrons. The molecule has 0 aromatic heterocycles. The summed E-state index contributed by atoms with van der Waals surface area (Å²) >= 11 is 0. The van der Waals surface area contributed by atoms with Crippen LogP contribution in [0.4, 0.5) is 39.5 Å². The highest BCUT2D eigenvalue weighted by Crippen LogP contribution is 2.55. The number of hydrogen-bond donors (Lipinski definition) is 0. The van der Waals surface area contributed by atoms with E-state index in [-0.39, 0.29) is 22.4 Å². The first-order valence-corrected chi connectivity index (χ1v) is 7.52. The number of alkyl halides is 9. The summed E-state index contributed by atoms with van der Waals surface area (Å²) in [5.74, 6) is -19.3. The van der Waals surface area contributed by atoms with Crippen molar-refractivity contribution in [3.63, 3.8) is 0 Å². The molecule has 1 unspecified atom stereocenters. The third-order valence-corrected chi connectivity index (χ3v) is 4.40. The van der Waals surface area contributed by atoms with Crippen molar-refractivity contribution in [3.05, 3.63) is 28.3 Å². The highest BCUT2D eigenvalue weighted by atomic mass is 19.4. The molecular formula is C16H13F9O2. The van der Waals surface area contributed by atoms with E-state index in [0.717, 1.165) is 0 Å². The predicted molar refractivity (Wildman–Crippen MR) is 74.9 cm³/mol. The molecule has 1 aliphatic rings. The van der Waals surface area contributed by atoms with Crippen LogP contribution in [-0.2, 0) is 6.42 Å². The van der Waals surface area contributed by atoms with Crippen LogP contribution < -0.4 is 4.74 Å². The van der Waals surface area contributed by atoms with Crippen molar-refractivity contribution < 1.29 is 49.0 Å². The molecule has 0 spiro atoms. The van der Waals surface area contributed by atoms with Crippen LogP contribution in [-0.4, -0.2) is 36.3 Å². The summed E-state index contributed by atoms with van der Waals surface area (Å²) in [4.78, 5) is 11.0. The van der Waals surface area contributed by atoms with Gasteiger partial charge in [-0.15, -0.1) is 0 Å². The first kappa shape index (κ1) is 21.4. The molecule has 11 heteroatoms. The van der Waals surface area contributed by atoms with Gasteiger partial charge in [-0.3, -0.25) is 4.79 Å². The summed E-state index contributed by atoms with van der Waals surface area (Å²) in [5.41, 5.74) is 1.13. The first-order valence-electron chi connectivity index (χ1n) is 7.52. The number of fused-ring (bicyclic) bond motifs is 1. The number of aryl methyl sites for hydroxylation is 1. The lowest BCUT2D eigenvalue weighted by Gasteiger charge is -2.34. The summed E-state index contributed by atoms with van der Waals surface area (Å²) < 4.78 is 122. The van der Waals surface area contributed by atoms with Crippen LogP contribution in [0.2, 0.25) is 0 Å². The van der Waals surface area contributed by atoms with Crippen LogP contribution in [0, 0.1) is 13.8 Å². The Balaban J connectivity index is 2.29. The number of benzene rings is 1. The minimum atomic E-state index is -6.92. The van der Waals surface area contributed by atoms with Crippen molar-refractivity contribution in [2.24, 2.45) is 0 Å². The molecule has 0 bridgehead atoms. The maximum absolute atomic E-state index is 13.8. The van der Waals surface area contributed by atoms with Gasteiger partial charge in [0, 0.05) is 17.5 Å². The Morgan fingerprint density at radius 3 is 2.07 bits per heavy atom. The first-order chi connectivity index (χ1) is 12.1. The van der Waals surface area contributed by atoms with Gasteiger partial charge in [0.2, 0.25) is 0 Å². The Bertz CT molecular complexity index is 753. The zero-order chi connectivity index (χ0) is 21.0. The second-order valence-corrected chi connectivity index (χ2v) is 6.34. The lowest BCUT2D eigenvalue weighted by atomic mass is 9.94. The van der Waals surface area contributed by atoms with Crippen LogP contribution >= 0.6 is 0 Å². The molecule has 1 aliphatic heterocycles. The van der Waals surface area contributed by atoms with E-state index in [1.807, 2.05) is 0 Å². The molecule has 2 nitrogen and oxygen atoms in total. The largest absolute Gasteiger partial charge is 0.489 e. The number of rotatable bonds is 5. The monoisotopic (exact) mass is 408 g/mol. The van der Waals surface area contributed by atoms with Gasteiger partial charge < -0.3 is 4.74 Å². The Labute approximate surface area is 147 Å². The second-order valence-electron chi connectivity index (χ2n) is 6.34. The van der Waals surface area contributed by atoms with Crippen molar-refractivity contribution in [2.75, 3.05) is 0 Å². The minimum Gasteiger partial charge on any atom is -0.489 e. The van der Waals surface area contributed by atoms with E-state index in [1.54, 1.807) is 0 Å². The predicted octanol–water partition coefficient (Wildman–Crippen LogP) is 5.28. The van der Waals surface area contributed by atoms with Crippen molar-refractivity contribution in [1.82, 2.24) is 0 Å². The molecular weight excluding hydrogens is 395 g/mol. The number of halogens is 9. The van der Waals surface area contributed by atoms with Gasteiger partial charge >= 0.3 is 23.9 Å². The number of ether oxygens (including phenoxy) is 1. The molecule has 2 rings (SSSR count). The lowest BCUT2D eigenvalue weighted by Crippen LogP contribution is -2.61. The fourth-order valence-corrected chi connectivity index (χ4v) is 2.95. The summed E-state index contributed by atoms with van der Waals surface area (Å²) in [6.07, 6.45) is -10.6. The lowest BCUT2D eigenvalue weighted by molar-refractivity contribution is -0.397. The van der Waals surface area contributed by atoms with Gasteiger partial charge in [0.25, 0.3) is 0 Å². The fraction of sp³-hybridized carbons (Fsp3) is 0.562. The summed E-state index contributed by atoms with van der Waals surface area (Å²) in [5, 5.41) is 0. The van der Waals surface area contributed by atoms with Crippen molar-refractivity contribution in [3.8, 4) is 5.75 Å². The average Bonchev–Trinajstić information content (AvgIpc) is 2.87. The Kier molecular flexibility index (Phi) is 4.99. The van der Waals surface area contributed by atoms with E-state index in [4.69, 9.17) is 4.74 Å². The van der Waals surface area contributed by atoms with Crippen molar-refractivity contribution >= 4 is 6.29 Å². The minimum absolute atomic E-state index is 0.0469. The quantitative estimate of drug-likeness (QED) is 0.490. The molecule has 1 heterocycles. The Morgan fingerprint density at radius 1 is 1.04 bits per heavy atom. The van der Waals surface area contributed by atoms with E-state index in [0.29, 0.717) is 11.8 Å². The average molecular weight is 408 g/mol. The van der Waals surface area contributed by atoms with E-state index >= 15 is 0 Å². The molecule has 0 N–H and O–H groups in total. The van der Waals surface area contributed by atoms with Crippen molar-refractivity contribution in [1.29, 1.82) is 0 Å². The number of hydrogen-bond acceptors (Lipinski definition) is 2. The molecule has 1 aromatic carbocycles. The molecule has 1 aromatic rings. The van der Waals surface area contributed by atoms with Gasteiger partial charge in [-0.1, -0.05) is 6.07 Å². The highest BCUT2D eigenvalue weighted by Gasteiger charge is 2.81. The van der Waals surface area contributed by atoms with Crippen LogP contribution in [0.15, 0.2) is 6.07 Å². The van der Waals surface area contributed by atoms with E-state index in [9.17, 15) is 44.3 Å². The molecule has 27 heavy (non-hydrogen) atoms. The summed E-state index contributed by atoms with van der Waals surface area (Å²) in [6.45, 7) is 2.93. The smallest absolute Gasteiger partial charge is 0.460 e. The summed E-state index contributed by atoms with van der Waals surface area (Å²) in [6, 6.07) is 1.38. The van der Waals surface area contributed by atoms with Crippen LogP contribution in [0.25, 0.3) is 0 Å². The van der Waals surface area contributed by atoms with Gasteiger partial charge in [-0.2, -0.15) is 39.5 Å². The summed E-state index contributed by atoms with van der Waals surface area (Å²) in [7, 11) is 0. The SMILES string of the molecule is Cc1cc2c(c(C)c1C=O)OC(CC(F)(F)C(F)(F)C(F)(F)C(F)(F)F)C2. The molecule has 0 amide bonds. The van der Waals surface area contributed by atoms with Gasteiger partial charge in [0.05, 0.1) is 6.42 Å². The normalized spacial score (nSPS) is 18.3. The molecule has 0 saturated carbocycles. The van der Waals surface area contributed by atoms with Gasteiger partial charge in [0.15, 0.2) is 6.29 Å². The topological polar surface area (TPSA) is 26.3 Å². The number of aldehydes is 1. The third-order valence-electron chi connectivity index (χ3n) is 4.40. The van der Waals surface area contributed by atoms with Crippen LogP contribution in [0.1, 0.15) is 33.5 Å². The number of carbonyl (C=O) groups excluding carboxylic acids is 1. The van der Waals surface area contributed by atoms with E-state index < -0.39 is 42.9 Å². The van der Waals surface area contributed by atoms with Crippen LogP contribution in [0.3, 0.4) is 0 Å². The maximum atomic E-state index is 13.8. The maximum Gasteiger partial charge on any atom is 0.460 e. The third kappa shape index (κ3) is 3.25. The Morgan fingerprint density at radius 2 is 1.59 bits per heavy atom. The Hall–Kier alpha value is -1.94. The zero-order valence-corrected chi connectivity index (χ0v) is 13.9. The highest BCUT2D eigenvalue weighted by molar-refractivity contribution is 5.81. The van der Waals surface area contributed by atoms with Gasteiger partial charge in [0.1, 0.15) is 11.9 Å². The second kappa shape index (κ2) is 6.30. The van der Waals surface area contributed by atoms with E-state index in [2.05, 4.69) is 0 Å². The molecule has 0 fully saturated rings. The molecule has 1 atom stereocenters. The number of carbonyl (C=O) groups is 1. The van der Waals surface area contributed by atoms with Gasteiger partial charge in [-0.05, 0) is 25.0 Å². The van der Waals surface area contributed by atoms with Gasteiger partial charge in [-0.25, -0.2) is 0 Å². The standard InChI is InChI=1S/C16H13F9O2/c1-7-3-9-4-10(27-12(9)8(2)11(7)6-26)5-13(17,18)14(19,20)15(21,22)16(23,24)25/h3,6,10H,4-5H2,1-2H3. The zero-order valence-electron chi connectivity index (χ0n) is 13.9. The molecule has 0 radical (unpaired) electrons. The van der Waals surface area contributed by atoms with Crippen molar-refractivity contribution in [2.45, 2.75) is 56.7 Å². The van der Waals surface area contributed by atoms with E-state index in [1.165, 1.54) is 19.9 Å². The molecule has 0 aliphatic carbocycles. The molecule has 0 saturated heterocycles. The van der Waals surface area contributed by atoms with Crippen LogP contribution in [0.5, 0.6) is 5.75 Å².